The van der Waals surface area contributed by atoms with E-state index in [0.29, 0.717) is 19.6 Å². The Hall–Kier alpha value is -3.55. The highest BCUT2D eigenvalue weighted by Crippen LogP contribution is 2.18. The lowest BCUT2D eigenvalue weighted by molar-refractivity contribution is -0.176. The highest BCUT2D eigenvalue weighted by Gasteiger charge is 2.37. The Balaban J connectivity index is 3.35. The Morgan fingerprint density at radius 1 is 0.538 bits per heavy atom. The van der Waals surface area contributed by atoms with E-state index < -0.39 is 52.2 Å². The summed E-state index contributed by atoms with van der Waals surface area (Å²) in [6, 6.07) is 9.22. The van der Waals surface area contributed by atoms with E-state index in [2.05, 4.69) is 0 Å². The number of likely N-dealkylation sites (N-methyl/N-ethyl adjacent to an activating group) is 1. The Morgan fingerprint density at radius 2 is 0.923 bits per heavy atom. The van der Waals surface area contributed by atoms with Gasteiger partial charge in [0.05, 0.1) is 19.6 Å². The lowest BCUT2D eigenvalue weighted by Crippen LogP contribution is -2.48. The molecule has 0 N–H and O–H groups in total. The van der Waals surface area contributed by atoms with Crippen LogP contribution in [0.4, 0.5) is 0 Å². The number of carbonyl (C=O) groups is 5. The van der Waals surface area contributed by atoms with Crippen molar-refractivity contribution in [3.8, 4) is 0 Å². The van der Waals surface area contributed by atoms with Gasteiger partial charge in [0.2, 0.25) is 0 Å². The van der Waals surface area contributed by atoms with Crippen molar-refractivity contribution in [1.82, 2.24) is 14.7 Å². The second-order valence-electron chi connectivity index (χ2n) is 16.8. The number of benzene rings is 1. The van der Waals surface area contributed by atoms with Gasteiger partial charge in [0, 0.05) is 32.7 Å². The average molecular weight is 736 g/mol. The van der Waals surface area contributed by atoms with Crippen LogP contribution in [0, 0.1) is 5.92 Å². The minimum absolute atomic E-state index is 0.0460. The van der Waals surface area contributed by atoms with Crippen molar-refractivity contribution in [2.24, 2.45) is 5.92 Å². The molecule has 1 aromatic rings. The van der Waals surface area contributed by atoms with E-state index in [-0.39, 0.29) is 51.8 Å². The predicted molar refractivity (Wildman–Crippen MR) is 198 cm³/mol. The van der Waals surface area contributed by atoms with Gasteiger partial charge in [-0.05, 0) is 95.2 Å². The molecule has 1 rings (SSSR count). The zero-order valence-electron chi connectivity index (χ0n) is 34.0. The van der Waals surface area contributed by atoms with Gasteiger partial charge in [0.1, 0.15) is 29.0 Å². The van der Waals surface area contributed by atoms with Crippen LogP contribution in [0.5, 0.6) is 0 Å². The Bertz CT molecular complexity index is 1260. The molecule has 0 saturated carbocycles. The van der Waals surface area contributed by atoms with Gasteiger partial charge in [-0.3, -0.25) is 38.7 Å². The molecule has 0 aliphatic heterocycles. The molecule has 0 aliphatic carbocycles. The van der Waals surface area contributed by atoms with Crippen LogP contribution in [0.1, 0.15) is 95.6 Å². The molecule has 296 valence electrons. The van der Waals surface area contributed by atoms with Crippen LogP contribution in [0.15, 0.2) is 30.3 Å². The van der Waals surface area contributed by atoms with Gasteiger partial charge in [-0.1, -0.05) is 37.3 Å². The van der Waals surface area contributed by atoms with Gasteiger partial charge in [0.25, 0.3) is 0 Å². The Kier molecular flexibility index (Phi) is 18.4. The third kappa shape index (κ3) is 22.4. The first-order valence-corrected chi connectivity index (χ1v) is 18.0. The first kappa shape index (κ1) is 46.5. The van der Waals surface area contributed by atoms with Crippen LogP contribution in [0.3, 0.4) is 0 Å². The Labute approximate surface area is 311 Å². The van der Waals surface area contributed by atoms with E-state index >= 15 is 0 Å². The smallest absolute Gasteiger partial charge is 0.322 e. The molecule has 0 unspecified atom stereocenters. The minimum atomic E-state index is -1.37. The van der Waals surface area contributed by atoms with E-state index in [1.807, 2.05) is 67.8 Å². The first-order chi connectivity index (χ1) is 23.7. The average Bonchev–Trinajstić information content (AvgIpc) is 2.95. The summed E-state index contributed by atoms with van der Waals surface area (Å²) in [6.07, 6.45) is 0. The third-order valence-corrected chi connectivity index (χ3v) is 6.88. The molecule has 0 radical (unpaired) electrons. The van der Waals surface area contributed by atoms with Gasteiger partial charge in [-0.25, -0.2) is 0 Å². The van der Waals surface area contributed by atoms with Gasteiger partial charge >= 0.3 is 29.8 Å². The zero-order chi connectivity index (χ0) is 39.9. The molecule has 0 amide bonds. The van der Waals surface area contributed by atoms with E-state index in [4.69, 9.17) is 23.7 Å². The fourth-order valence-electron chi connectivity index (χ4n) is 4.75. The molecule has 0 bridgehead atoms. The minimum Gasteiger partial charge on any atom is -0.460 e. The number of esters is 5. The summed E-state index contributed by atoms with van der Waals surface area (Å²) in [4.78, 5) is 71.1. The summed E-state index contributed by atoms with van der Waals surface area (Å²) in [7, 11) is 0. The van der Waals surface area contributed by atoms with Crippen molar-refractivity contribution in [2.75, 3.05) is 58.9 Å². The number of hydrogen-bond donors (Lipinski definition) is 0. The maximum absolute atomic E-state index is 13.4. The third-order valence-electron chi connectivity index (χ3n) is 6.88. The van der Waals surface area contributed by atoms with Crippen LogP contribution in [0.2, 0.25) is 0 Å². The largest absolute Gasteiger partial charge is 0.460 e. The van der Waals surface area contributed by atoms with Crippen molar-refractivity contribution in [3.63, 3.8) is 0 Å². The van der Waals surface area contributed by atoms with Crippen molar-refractivity contribution in [3.05, 3.63) is 35.9 Å². The summed E-state index contributed by atoms with van der Waals surface area (Å²) in [5.41, 5.74) is -2.30. The molecular formula is C39H65N3O10. The monoisotopic (exact) mass is 735 g/mol. The summed E-state index contributed by atoms with van der Waals surface area (Å²) in [5.74, 6) is -4.31. The van der Waals surface area contributed by atoms with Crippen LogP contribution in [0.25, 0.3) is 0 Å². The molecule has 0 spiro atoms. The molecule has 13 heteroatoms. The highest BCUT2D eigenvalue weighted by atomic mass is 16.6. The summed E-state index contributed by atoms with van der Waals surface area (Å²) < 4.78 is 27.9. The van der Waals surface area contributed by atoms with Crippen molar-refractivity contribution >= 4 is 29.8 Å². The summed E-state index contributed by atoms with van der Waals surface area (Å²) in [6.45, 7) is 24.2. The quantitative estimate of drug-likeness (QED) is 0.111. The molecule has 52 heavy (non-hydrogen) atoms. The first-order valence-electron chi connectivity index (χ1n) is 18.0. The maximum atomic E-state index is 13.4. The molecule has 0 aromatic heterocycles. The van der Waals surface area contributed by atoms with Crippen LogP contribution in [-0.2, 0) is 54.3 Å². The molecule has 0 saturated heterocycles. The fourth-order valence-corrected chi connectivity index (χ4v) is 4.75. The van der Waals surface area contributed by atoms with E-state index in [1.165, 1.54) is 0 Å². The fraction of sp³-hybridized carbons (Fsp3) is 0.718. The van der Waals surface area contributed by atoms with Crippen molar-refractivity contribution < 1.29 is 47.7 Å². The van der Waals surface area contributed by atoms with E-state index in [9.17, 15) is 24.0 Å². The maximum Gasteiger partial charge on any atom is 0.322 e. The number of ether oxygens (including phenoxy) is 5. The van der Waals surface area contributed by atoms with E-state index in [1.54, 1.807) is 67.2 Å². The van der Waals surface area contributed by atoms with Crippen molar-refractivity contribution in [2.45, 2.75) is 119 Å². The normalized spacial score (nSPS) is 12.6. The number of rotatable bonds is 19. The number of nitrogens with zero attached hydrogens (tertiary/aromatic N) is 3. The Morgan fingerprint density at radius 3 is 1.35 bits per heavy atom. The second-order valence-corrected chi connectivity index (χ2v) is 16.8. The SMILES string of the molecule is CCN(CCN(CCN(CC(=O)OCc1ccccc1)CC(C(=O)OC(C)(C)C)C(=O)OC(C)(C)C)CC(=O)OC(C)(C)C)CC(=O)OC(C)(C)C. The molecule has 0 heterocycles. The predicted octanol–water partition coefficient (Wildman–Crippen LogP) is 4.64. The molecular weight excluding hydrogens is 670 g/mol. The number of hydrogen-bond acceptors (Lipinski definition) is 13. The van der Waals surface area contributed by atoms with Crippen molar-refractivity contribution in [1.29, 1.82) is 0 Å². The summed E-state index contributed by atoms with van der Waals surface area (Å²) in [5, 5.41) is 0. The van der Waals surface area contributed by atoms with Crippen LogP contribution in [-0.4, -0.2) is 126 Å². The van der Waals surface area contributed by atoms with E-state index in [0.717, 1.165) is 5.56 Å². The highest BCUT2D eigenvalue weighted by molar-refractivity contribution is 5.95. The zero-order valence-corrected chi connectivity index (χ0v) is 34.0. The molecule has 13 nitrogen and oxygen atoms in total. The topological polar surface area (TPSA) is 141 Å². The van der Waals surface area contributed by atoms with Gasteiger partial charge in [-0.2, -0.15) is 0 Å². The lowest BCUT2D eigenvalue weighted by Gasteiger charge is -2.32. The van der Waals surface area contributed by atoms with Gasteiger partial charge < -0.3 is 23.7 Å². The number of carbonyl (C=O) groups excluding carboxylic acids is 5. The van der Waals surface area contributed by atoms with Crippen LogP contribution < -0.4 is 0 Å². The molecule has 1 aromatic carbocycles. The van der Waals surface area contributed by atoms with Gasteiger partial charge in [-0.15, -0.1) is 0 Å². The standard InChI is InChI=1S/C39H65N3O10/c1-14-40(26-32(44)49-36(2,3)4)20-21-41(27-33(45)50-37(5,6)7)22-23-42(25-31(43)48-28-29-18-16-15-17-19-29)24-30(34(46)51-38(8,9)10)35(47)52-39(11,12)13/h15-19,30H,14,20-28H2,1-13H3. The summed E-state index contributed by atoms with van der Waals surface area (Å²) >= 11 is 0. The van der Waals surface area contributed by atoms with Gasteiger partial charge in [0.15, 0.2) is 5.92 Å². The molecule has 0 fully saturated rings. The molecule has 0 aliphatic rings. The second kappa shape index (κ2) is 20.6. The van der Waals surface area contributed by atoms with Crippen LogP contribution >= 0.6 is 0 Å². The lowest BCUT2D eigenvalue weighted by atomic mass is 10.1. The molecule has 0 atom stereocenters.